The summed E-state index contributed by atoms with van der Waals surface area (Å²) in [7, 11) is 0. The Bertz CT molecular complexity index is 801. The lowest BCUT2D eigenvalue weighted by Gasteiger charge is -2.05. The van der Waals surface area contributed by atoms with E-state index in [0.29, 0.717) is 11.3 Å². The smallest absolute Gasteiger partial charge is 0.342 e. The number of hydrogen-bond donors (Lipinski definition) is 1. The van der Waals surface area contributed by atoms with Gasteiger partial charge in [-0.2, -0.15) is 0 Å². The van der Waals surface area contributed by atoms with Crippen LogP contribution in [0.1, 0.15) is 17.3 Å². The van der Waals surface area contributed by atoms with Crippen molar-refractivity contribution >= 4 is 33.0 Å². The molecule has 0 atom stereocenters. The minimum atomic E-state index is -0.859. The Hall–Kier alpha value is -3.01. The fraction of sp³-hybridized carbons (Fsp3) is 0.154. The lowest BCUT2D eigenvalue weighted by molar-refractivity contribution is -0.385. The van der Waals surface area contributed by atoms with Crippen LogP contribution in [0.25, 0.3) is 11.1 Å². The van der Waals surface area contributed by atoms with Gasteiger partial charge in [0.05, 0.1) is 27.6 Å². The van der Waals surface area contributed by atoms with Gasteiger partial charge in [-0.05, 0) is 24.3 Å². The van der Waals surface area contributed by atoms with E-state index >= 15 is 0 Å². The minimum Gasteiger partial charge on any atom is -0.462 e. The van der Waals surface area contributed by atoms with Crippen LogP contribution in [0.4, 0.5) is 15.7 Å². The van der Waals surface area contributed by atoms with Crippen molar-refractivity contribution in [2.24, 2.45) is 0 Å². The van der Waals surface area contributed by atoms with E-state index < -0.39 is 20.8 Å². The van der Waals surface area contributed by atoms with Gasteiger partial charge < -0.3 is 10.5 Å². The zero-order valence-electron chi connectivity index (χ0n) is 11.8. The number of nitrogens with two attached hydrogens (primary N) is 1. The molecule has 0 aliphatic heterocycles. The van der Waals surface area contributed by atoms with Crippen LogP contribution in [0.15, 0.2) is 24.3 Å². The van der Waals surface area contributed by atoms with Gasteiger partial charge in [-0.1, -0.05) is 12.1 Å². The summed E-state index contributed by atoms with van der Waals surface area (Å²) in [5.74, 6) is -0.859. The Labute approximate surface area is 133 Å². The van der Waals surface area contributed by atoms with Gasteiger partial charge in [-0.25, -0.2) is 4.79 Å². The highest BCUT2D eigenvalue weighted by atomic mass is 32.1. The molecule has 0 amide bonds. The van der Waals surface area contributed by atoms with Crippen LogP contribution < -0.4 is 5.73 Å². The van der Waals surface area contributed by atoms with Crippen molar-refractivity contribution in [3.05, 3.63) is 50.1 Å². The van der Waals surface area contributed by atoms with Gasteiger partial charge in [0, 0.05) is 6.07 Å². The molecule has 0 spiro atoms. The van der Waals surface area contributed by atoms with Gasteiger partial charge >= 0.3 is 11.0 Å². The van der Waals surface area contributed by atoms with Gasteiger partial charge in [-0.15, -0.1) is 0 Å². The Morgan fingerprint density at radius 3 is 2.48 bits per heavy atom. The second-order valence-corrected chi connectivity index (χ2v) is 5.30. The van der Waals surface area contributed by atoms with E-state index in [-0.39, 0.29) is 34.0 Å². The van der Waals surface area contributed by atoms with Crippen LogP contribution in [0.3, 0.4) is 0 Å². The number of carbonyl (C=O) groups is 1. The number of ether oxygens (including phenoxy) is 1. The number of para-hydroxylation sites is 1. The molecule has 0 bridgehead atoms. The molecule has 2 N–H and O–H groups in total. The molecule has 0 fully saturated rings. The topological polar surface area (TPSA) is 139 Å². The molecule has 10 heteroatoms. The van der Waals surface area contributed by atoms with E-state index in [1.807, 2.05) is 0 Å². The van der Waals surface area contributed by atoms with Crippen molar-refractivity contribution in [2.75, 3.05) is 12.3 Å². The van der Waals surface area contributed by atoms with Crippen molar-refractivity contribution < 1.29 is 19.4 Å². The molecule has 9 nitrogen and oxygen atoms in total. The second-order valence-electron chi connectivity index (χ2n) is 4.27. The summed E-state index contributed by atoms with van der Waals surface area (Å²) in [6, 6.07) is 5.43. The highest BCUT2D eigenvalue weighted by Gasteiger charge is 2.34. The summed E-state index contributed by atoms with van der Waals surface area (Å²) in [6.45, 7) is 1.61. The fourth-order valence-corrected chi connectivity index (χ4v) is 2.95. The lowest BCUT2D eigenvalue weighted by atomic mass is 10.0. The first-order chi connectivity index (χ1) is 10.9. The van der Waals surface area contributed by atoms with Gasteiger partial charge in [0.2, 0.25) is 0 Å². The molecule has 0 saturated carbocycles. The third kappa shape index (κ3) is 2.97. The number of nitrogen functional groups attached to an aromatic ring is 1. The van der Waals surface area contributed by atoms with Crippen LogP contribution in [0, 0.1) is 20.2 Å². The molecule has 2 rings (SSSR count). The third-order valence-electron chi connectivity index (χ3n) is 2.93. The lowest BCUT2D eigenvalue weighted by Crippen LogP contribution is -2.08. The number of esters is 1. The molecule has 2 aromatic rings. The van der Waals surface area contributed by atoms with Crippen LogP contribution in [0.5, 0.6) is 0 Å². The van der Waals surface area contributed by atoms with Gasteiger partial charge in [0.25, 0.3) is 5.69 Å². The van der Waals surface area contributed by atoms with E-state index in [0.717, 1.165) is 0 Å². The van der Waals surface area contributed by atoms with E-state index in [4.69, 9.17) is 10.5 Å². The van der Waals surface area contributed by atoms with Crippen molar-refractivity contribution in [3.8, 4) is 11.1 Å². The average Bonchev–Trinajstić information content (AvgIpc) is 2.85. The SMILES string of the molecule is CCOC(=O)c1c(N)sc([N+](=O)[O-])c1-c1ccccc1[N+](=O)[O-]. The van der Waals surface area contributed by atoms with E-state index in [1.165, 1.54) is 24.3 Å². The summed E-state index contributed by atoms with van der Waals surface area (Å²) in [4.78, 5) is 33.1. The largest absolute Gasteiger partial charge is 0.462 e. The first-order valence-corrected chi connectivity index (χ1v) is 7.17. The highest BCUT2D eigenvalue weighted by molar-refractivity contribution is 7.20. The number of rotatable bonds is 5. The van der Waals surface area contributed by atoms with Crippen LogP contribution in [-0.2, 0) is 4.74 Å². The van der Waals surface area contributed by atoms with E-state index in [2.05, 4.69) is 0 Å². The standard InChI is InChI=1S/C13H11N3O6S/c1-2-22-13(17)10-9(12(16(20)21)23-11(10)14)7-5-3-4-6-8(7)15(18)19/h3-6H,2,14H2,1H3. The molecule has 0 aliphatic rings. The third-order valence-corrected chi connectivity index (χ3v) is 3.90. The molecule has 0 aliphatic carbocycles. The predicted molar refractivity (Wildman–Crippen MR) is 83.4 cm³/mol. The summed E-state index contributed by atoms with van der Waals surface area (Å²) >= 11 is 0.574. The number of benzene rings is 1. The molecule has 0 unspecified atom stereocenters. The summed E-state index contributed by atoms with van der Waals surface area (Å²) in [6.07, 6.45) is 0. The van der Waals surface area contributed by atoms with Crippen LogP contribution in [0.2, 0.25) is 0 Å². The number of anilines is 1. The zero-order valence-corrected chi connectivity index (χ0v) is 12.7. The number of nitrogens with zero attached hydrogens (tertiary/aromatic N) is 2. The molecule has 1 aromatic carbocycles. The molecular weight excluding hydrogens is 326 g/mol. The maximum atomic E-state index is 12.1. The Morgan fingerprint density at radius 2 is 1.91 bits per heavy atom. The Kier molecular flexibility index (Phi) is 4.55. The predicted octanol–water partition coefficient (Wildman–Crippen LogP) is 2.99. The van der Waals surface area contributed by atoms with Gasteiger partial charge in [0.15, 0.2) is 0 Å². The molecular formula is C13H11N3O6S. The molecule has 0 saturated heterocycles. The maximum Gasteiger partial charge on any atom is 0.342 e. The number of thiophene rings is 1. The summed E-state index contributed by atoms with van der Waals surface area (Å²) < 4.78 is 4.86. The number of carbonyl (C=O) groups excluding carboxylic acids is 1. The molecule has 23 heavy (non-hydrogen) atoms. The van der Waals surface area contributed by atoms with Crippen LogP contribution >= 0.6 is 11.3 Å². The number of nitro benzene ring substituents is 1. The minimum absolute atomic E-state index is 0.0399. The van der Waals surface area contributed by atoms with Crippen molar-refractivity contribution in [1.29, 1.82) is 0 Å². The Morgan fingerprint density at radius 1 is 1.26 bits per heavy atom. The fourth-order valence-electron chi connectivity index (χ4n) is 2.06. The molecule has 0 radical (unpaired) electrons. The van der Waals surface area contributed by atoms with Crippen molar-refractivity contribution in [2.45, 2.75) is 6.92 Å². The van der Waals surface area contributed by atoms with Crippen LogP contribution in [-0.4, -0.2) is 22.4 Å². The zero-order chi connectivity index (χ0) is 17.1. The quantitative estimate of drug-likeness (QED) is 0.502. The van der Waals surface area contributed by atoms with Gasteiger partial charge in [0.1, 0.15) is 10.6 Å². The van der Waals surface area contributed by atoms with E-state index in [1.54, 1.807) is 6.92 Å². The Balaban J connectivity index is 2.82. The number of hydrogen-bond acceptors (Lipinski definition) is 8. The number of nitro groups is 2. The second kappa shape index (κ2) is 6.40. The first kappa shape index (κ1) is 16.4. The average molecular weight is 337 g/mol. The van der Waals surface area contributed by atoms with Crippen molar-refractivity contribution in [3.63, 3.8) is 0 Å². The maximum absolute atomic E-state index is 12.1. The highest BCUT2D eigenvalue weighted by Crippen LogP contribution is 2.46. The first-order valence-electron chi connectivity index (χ1n) is 6.36. The molecule has 1 aromatic heterocycles. The van der Waals surface area contributed by atoms with Crippen molar-refractivity contribution in [1.82, 2.24) is 0 Å². The van der Waals surface area contributed by atoms with Gasteiger partial charge in [-0.3, -0.25) is 20.2 Å². The summed E-state index contributed by atoms with van der Waals surface area (Å²) in [5, 5.41) is 21.9. The monoisotopic (exact) mass is 337 g/mol. The molecule has 120 valence electrons. The summed E-state index contributed by atoms with van der Waals surface area (Å²) in [5.41, 5.74) is 4.88. The normalized spacial score (nSPS) is 10.3. The molecule has 1 heterocycles. The van der Waals surface area contributed by atoms with E-state index in [9.17, 15) is 25.0 Å².